The van der Waals surface area contributed by atoms with Crippen LogP contribution in [0.25, 0.3) is 0 Å². The third-order valence-corrected chi connectivity index (χ3v) is 6.65. The van der Waals surface area contributed by atoms with Gasteiger partial charge in [0.15, 0.2) is 5.78 Å². The predicted molar refractivity (Wildman–Crippen MR) is 130 cm³/mol. The van der Waals surface area contributed by atoms with E-state index < -0.39 is 11.9 Å². The SMILES string of the molecule is CC(C)CC(CC(=O)C(Cc1ccccc1)NC(=O)c1cnccn1)B1OC2CCCCC2O1. The highest BCUT2D eigenvalue weighted by Crippen LogP contribution is 2.37. The number of ketones is 1. The average Bonchev–Trinajstić information content (AvgIpc) is 3.28. The van der Waals surface area contributed by atoms with Crippen LogP contribution >= 0.6 is 0 Å². The first-order valence-corrected chi connectivity index (χ1v) is 12.4. The summed E-state index contributed by atoms with van der Waals surface area (Å²) in [6.45, 7) is 4.30. The van der Waals surface area contributed by atoms with Gasteiger partial charge in [0.1, 0.15) is 5.69 Å². The number of amides is 1. The smallest absolute Gasteiger partial charge is 0.406 e. The number of benzene rings is 1. The summed E-state index contributed by atoms with van der Waals surface area (Å²) in [4.78, 5) is 34.5. The van der Waals surface area contributed by atoms with E-state index in [-0.39, 0.29) is 36.6 Å². The maximum atomic E-state index is 13.6. The zero-order valence-corrected chi connectivity index (χ0v) is 20.1. The average molecular weight is 463 g/mol. The van der Waals surface area contributed by atoms with Crippen molar-refractivity contribution >= 4 is 18.8 Å². The van der Waals surface area contributed by atoms with Crippen LogP contribution in [0.15, 0.2) is 48.9 Å². The van der Waals surface area contributed by atoms with E-state index in [0.29, 0.717) is 18.8 Å². The van der Waals surface area contributed by atoms with Gasteiger partial charge in [0.2, 0.25) is 0 Å². The lowest BCUT2D eigenvalue weighted by Gasteiger charge is -2.24. The van der Waals surface area contributed by atoms with E-state index in [9.17, 15) is 9.59 Å². The minimum Gasteiger partial charge on any atom is -0.406 e. The van der Waals surface area contributed by atoms with Crippen molar-refractivity contribution in [1.29, 1.82) is 0 Å². The van der Waals surface area contributed by atoms with Gasteiger partial charge in [-0.3, -0.25) is 14.6 Å². The molecule has 2 fully saturated rings. The Morgan fingerprint density at radius 3 is 2.41 bits per heavy atom. The molecule has 0 spiro atoms. The first-order valence-electron chi connectivity index (χ1n) is 12.4. The van der Waals surface area contributed by atoms with Crippen LogP contribution in [0.3, 0.4) is 0 Å². The number of carbonyl (C=O) groups is 2. The first-order chi connectivity index (χ1) is 16.5. The Morgan fingerprint density at radius 1 is 1.09 bits per heavy atom. The fraction of sp³-hybridized carbons (Fsp3) is 0.538. The third kappa shape index (κ3) is 6.51. The van der Waals surface area contributed by atoms with Gasteiger partial charge in [-0.2, -0.15) is 0 Å². The van der Waals surface area contributed by atoms with Crippen molar-refractivity contribution in [3.8, 4) is 0 Å². The van der Waals surface area contributed by atoms with E-state index in [1.54, 1.807) is 0 Å². The van der Waals surface area contributed by atoms with Crippen molar-refractivity contribution in [2.75, 3.05) is 0 Å². The minimum absolute atomic E-state index is 0.0196. The van der Waals surface area contributed by atoms with Gasteiger partial charge in [-0.05, 0) is 37.2 Å². The quantitative estimate of drug-likeness (QED) is 0.535. The maximum Gasteiger partial charge on any atom is 0.461 e. The van der Waals surface area contributed by atoms with Gasteiger partial charge in [-0.25, -0.2) is 4.98 Å². The normalized spacial score (nSPS) is 21.7. The lowest BCUT2D eigenvalue weighted by molar-refractivity contribution is -0.121. The van der Waals surface area contributed by atoms with Gasteiger partial charge in [0.05, 0.1) is 24.4 Å². The van der Waals surface area contributed by atoms with E-state index in [1.807, 2.05) is 30.3 Å². The Labute approximate surface area is 202 Å². The van der Waals surface area contributed by atoms with E-state index in [4.69, 9.17) is 9.31 Å². The molecule has 8 heteroatoms. The van der Waals surface area contributed by atoms with E-state index in [2.05, 4.69) is 29.1 Å². The highest BCUT2D eigenvalue weighted by Gasteiger charge is 2.46. The molecule has 1 saturated carbocycles. The molecule has 1 N–H and O–H groups in total. The van der Waals surface area contributed by atoms with Crippen LogP contribution in [0, 0.1) is 5.92 Å². The number of fused-ring (bicyclic) bond motifs is 1. The number of carbonyl (C=O) groups excluding carboxylic acids is 2. The predicted octanol–water partition coefficient (Wildman–Crippen LogP) is 4.04. The second kappa shape index (κ2) is 11.7. The molecule has 4 rings (SSSR count). The molecule has 1 aliphatic carbocycles. The lowest BCUT2D eigenvalue weighted by Crippen LogP contribution is -2.44. The molecule has 180 valence electrons. The van der Waals surface area contributed by atoms with Crippen LogP contribution in [0.4, 0.5) is 0 Å². The largest absolute Gasteiger partial charge is 0.461 e. The third-order valence-electron chi connectivity index (χ3n) is 6.65. The number of hydrogen-bond acceptors (Lipinski definition) is 6. The Balaban J connectivity index is 1.49. The maximum absolute atomic E-state index is 13.6. The number of Topliss-reactive ketones (excluding diaryl/α,β-unsaturated/α-hetero) is 1. The molecule has 1 aromatic heterocycles. The van der Waals surface area contributed by atoms with Crippen LogP contribution in [0.5, 0.6) is 0 Å². The van der Waals surface area contributed by atoms with Gasteiger partial charge in [-0.15, -0.1) is 0 Å². The number of hydrogen-bond donors (Lipinski definition) is 1. The molecule has 7 nitrogen and oxygen atoms in total. The molecule has 34 heavy (non-hydrogen) atoms. The number of rotatable bonds is 10. The Morgan fingerprint density at radius 2 is 1.79 bits per heavy atom. The zero-order chi connectivity index (χ0) is 23.9. The first kappa shape index (κ1) is 24.5. The van der Waals surface area contributed by atoms with E-state index >= 15 is 0 Å². The van der Waals surface area contributed by atoms with Crippen molar-refractivity contribution in [3.63, 3.8) is 0 Å². The summed E-state index contributed by atoms with van der Waals surface area (Å²) in [5.74, 6) is -0.0739. The summed E-state index contributed by atoms with van der Waals surface area (Å²) in [5.41, 5.74) is 1.18. The van der Waals surface area contributed by atoms with Gasteiger partial charge < -0.3 is 14.6 Å². The van der Waals surface area contributed by atoms with Gasteiger partial charge in [-0.1, -0.05) is 57.0 Å². The summed E-state index contributed by atoms with van der Waals surface area (Å²) in [6, 6.07) is 9.07. The molecule has 1 aliphatic heterocycles. The topological polar surface area (TPSA) is 90.4 Å². The second-order valence-electron chi connectivity index (χ2n) is 9.87. The Kier molecular flexibility index (Phi) is 8.46. The number of aromatic nitrogens is 2. The lowest BCUT2D eigenvalue weighted by atomic mass is 9.65. The molecule has 2 aliphatic rings. The Hall–Kier alpha value is -2.58. The second-order valence-corrected chi connectivity index (χ2v) is 9.87. The molecule has 1 amide bonds. The van der Waals surface area contributed by atoms with Crippen LogP contribution in [-0.2, 0) is 20.5 Å². The molecule has 2 heterocycles. The van der Waals surface area contributed by atoms with Gasteiger partial charge >= 0.3 is 7.12 Å². The van der Waals surface area contributed by atoms with Gasteiger partial charge in [0, 0.05) is 24.6 Å². The van der Waals surface area contributed by atoms with E-state index in [1.165, 1.54) is 31.4 Å². The highest BCUT2D eigenvalue weighted by atomic mass is 16.7. The van der Waals surface area contributed by atoms with Crippen LogP contribution < -0.4 is 5.32 Å². The molecule has 0 radical (unpaired) electrons. The highest BCUT2D eigenvalue weighted by molar-refractivity contribution is 6.47. The van der Waals surface area contributed by atoms with Crippen molar-refractivity contribution in [3.05, 3.63) is 60.2 Å². The van der Waals surface area contributed by atoms with Gasteiger partial charge in [0.25, 0.3) is 5.91 Å². The number of nitrogens with zero attached hydrogens (tertiary/aromatic N) is 2. The fourth-order valence-corrected chi connectivity index (χ4v) is 5.01. The summed E-state index contributed by atoms with van der Waals surface area (Å²) in [5, 5.41) is 2.91. The number of nitrogens with one attached hydrogen (secondary N) is 1. The van der Waals surface area contributed by atoms with Crippen molar-refractivity contribution in [1.82, 2.24) is 15.3 Å². The monoisotopic (exact) mass is 463 g/mol. The summed E-state index contributed by atoms with van der Waals surface area (Å²) >= 11 is 0. The molecule has 2 aromatic rings. The summed E-state index contributed by atoms with van der Waals surface area (Å²) in [7, 11) is -0.368. The molecule has 1 aromatic carbocycles. The molecule has 0 bridgehead atoms. The van der Waals surface area contributed by atoms with E-state index in [0.717, 1.165) is 24.8 Å². The molecule has 1 saturated heterocycles. The van der Waals surface area contributed by atoms with Crippen LogP contribution in [0.1, 0.15) is 68.4 Å². The zero-order valence-electron chi connectivity index (χ0n) is 20.1. The molecular weight excluding hydrogens is 429 g/mol. The summed E-state index contributed by atoms with van der Waals surface area (Å²) in [6.07, 6.45) is 10.6. The van der Waals surface area contributed by atoms with Crippen LogP contribution in [-0.4, -0.2) is 47.0 Å². The molecule has 4 unspecified atom stereocenters. The van der Waals surface area contributed by atoms with Crippen molar-refractivity contribution < 1.29 is 18.9 Å². The molecular formula is C26H34BN3O4. The molecule has 4 atom stereocenters. The Bertz CT molecular complexity index is 930. The standard InChI is InChI=1S/C26H34BN3O4/c1-18(2)14-20(27-33-24-10-6-7-11-25(24)34-27)16-23(31)21(15-19-8-4-3-5-9-19)30-26(32)22-17-28-12-13-29-22/h3-5,8-9,12-13,17-18,20-21,24-25H,6-7,10-11,14-16H2,1-2H3,(H,30,32). The summed E-state index contributed by atoms with van der Waals surface area (Å²) < 4.78 is 12.6. The van der Waals surface area contributed by atoms with Crippen LogP contribution in [0.2, 0.25) is 5.82 Å². The van der Waals surface area contributed by atoms with Crippen molar-refractivity contribution in [2.45, 2.75) is 82.9 Å². The minimum atomic E-state index is -0.671. The van der Waals surface area contributed by atoms with Crippen molar-refractivity contribution in [2.24, 2.45) is 5.92 Å². The fourth-order valence-electron chi connectivity index (χ4n) is 5.01.